The topological polar surface area (TPSA) is 78.5 Å². The first-order valence-corrected chi connectivity index (χ1v) is 11.9. The predicted octanol–water partition coefficient (Wildman–Crippen LogP) is 3.57. The van der Waals surface area contributed by atoms with Gasteiger partial charge < -0.3 is 15.5 Å². The summed E-state index contributed by atoms with van der Waals surface area (Å²) in [4.78, 5) is 14.7. The summed E-state index contributed by atoms with van der Waals surface area (Å²) in [7, 11) is -3.25. The van der Waals surface area contributed by atoms with E-state index in [1.165, 1.54) is 18.2 Å². The molecule has 0 aromatic heterocycles. The number of carbonyl (C=O) groups excluding carboxylic acids is 1. The standard InChI is InChI=1S/C22H28FN3O3S/c1-15-6-11-20(23)21(13-15)26-12-4-5-18(14-26)25-22(27)24-16(2)17-7-9-19(10-8-17)30(3,28)29/h6-11,13,16,18H,4-5,12,14H2,1-3H3,(H2,24,25,27). The monoisotopic (exact) mass is 433 g/mol. The fraction of sp³-hybridized carbons (Fsp3) is 0.409. The fourth-order valence-electron chi connectivity index (χ4n) is 3.69. The lowest BCUT2D eigenvalue weighted by Crippen LogP contribution is -2.51. The largest absolute Gasteiger partial charge is 0.367 e. The molecule has 2 aromatic carbocycles. The van der Waals surface area contributed by atoms with Crippen LogP contribution in [0.4, 0.5) is 14.9 Å². The molecule has 2 N–H and O–H groups in total. The lowest BCUT2D eigenvalue weighted by molar-refractivity contribution is 0.232. The van der Waals surface area contributed by atoms with Gasteiger partial charge in [-0.15, -0.1) is 0 Å². The van der Waals surface area contributed by atoms with E-state index in [4.69, 9.17) is 0 Å². The molecule has 0 spiro atoms. The molecule has 8 heteroatoms. The van der Waals surface area contributed by atoms with Gasteiger partial charge in [-0.2, -0.15) is 0 Å². The molecule has 1 saturated heterocycles. The van der Waals surface area contributed by atoms with Crippen molar-refractivity contribution in [3.05, 3.63) is 59.4 Å². The molecular formula is C22H28FN3O3S. The molecule has 0 saturated carbocycles. The van der Waals surface area contributed by atoms with Gasteiger partial charge in [-0.3, -0.25) is 0 Å². The maximum Gasteiger partial charge on any atom is 0.315 e. The second-order valence-electron chi connectivity index (χ2n) is 7.92. The average molecular weight is 434 g/mol. The van der Waals surface area contributed by atoms with E-state index in [1.54, 1.807) is 18.2 Å². The third-order valence-electron chi connectivity index (χ3n) is 5.35. The fourth-order valence-corrected chi connectivity index (χ4v) is 4.32. The van der Waals surface area contributed by atoms with Gasteiger partial charge >= 0.3 is 6.03 Å². The van der Waals surface area contributed by atoms with Crippen molar-refractivity contribution >= 4 is 21.6 Å². The molecule has 1 heterocycles. The van der Waals surface area contributed by atoms with E-state index in [0.717, 1.165) is 36.8 Å². The van der Waals surface area contributed by atoms with Crippen molar-refractivity contribution < 1.29 is 17.6 Å². The van der Waals surface area contributed by atoms with E-state index < -0.39 is 9.84 Å². The maximum atomic E-state index is 14.2. The van der Waals surface area contributed by atoms with Crippen LogP contribution in [0.5, 0.6) is 0 Å². The number of halogens is 1. The highest BCUT2D eigenvalue weighted by atomic mass is 32.2. The smallest absolute Gasteiger partial charge is 0.315 e. The molecule has 162 valence electrons. The second-order valence-corrected chi connectivity index (χ2v) is 9.94. The van der Waals surface area contributed by atoms with Crippen LogP contribution >= 0.6 is 0 Å². The summed E-state index contributed by atoms with van der Waals surface area (Å²) in [6, 6.07) is 10.9. The summed E-state index contributed by atoms with van der Waals surface area (Å²) >= 11 is 0. The summed E-state index contributed by atoms with van der Waals surface area (Å²) in [6.45, 7) is 5.07. The number of hydrogen-bond donors (Lipinski definition) is 2. The van der Waals surface area contributed by atoms with Gasteiger partial charge in [-0.05, 0) is 62.1 Å². The van der Waals surface area contributed by atoms with Gasteiger partial charge in [-0.1, -0.05) is 18.2 Å². The number of sulfone groups is 1. The predicted molar refractivity (Wildman–Crippen MR) is 116 cm³/mol. The molecule has 6 nitrogen and oxygen atoms in total. The second kappa shape index (κ2) is 9.04. The van der Waals surface area contributed by atoms with Gasteiger partial charge in [0.1, 0.15) is 5.82 Å². The highest BCUT2D eigenvalue weighted by Crippen LogP contribution is 2.24. The Balaban J connectivity index is 1.58. The Morgan fingerprint density at radius 2 is 1.90 bits per heavy atom. The number of amides is 2. The van der Waals surface area contributed by atoms with Crippen LogP contribution in [0.3, 0.4) is 0 Å². The average Bonchev–Trinajstić information content (AvgIpc) is 2.69. The number of hydrogen-bond acceptors (Lipinski definition) is 4. The third-order valence-corrected chi connectivity index (χ3v) is 6.48. The molecule has 2 amide bonds. The zero-order valence-corrected chi connectivity index (χ0v) is 18.3. The molecule has 3 rings (SSSR count). The van der Waals surface area contributed by atoms with Gasteiger partial charge in [-0.25, -0.2) is 17.6 Å². The van der Waals surface area contributed by atoms with Crippen molar-refractivity contribution in [2.24, 2.45) is 0 Å². The number of anilines is 1. The van der Waals surface area contributed by atoms with Gasteiger partial charge in [0.25, 0.3) is 0 Å². The number of piperidine rings is 1. The normalized spacial score (nSPS) is 18.0. The summed E-state index contributed by atoms with van der Waals surface area (Å²) in [5.74, 6) is -0.253. The molecule has 2 aromatic rings. The number of urea groups is 1. The Bertz CT molecular complexity index is 1010. The number of nitrogens with zero attached hydrogens (tertiary/aromatic N) is 1. The summed E-state index contributed by atoms with van der Waals surface area (Å²) in [6.07, 6.45) is 2.85. The Morgan fingerprint density at radius 1 is 1.20 bits per heavy atom. The van der Waals surface area contributed by atoms with Crippen LogP contribution in [0.25, 0.3) is 0 Å². The quantitative estimate of drug-likeness (QED) is 0.756. The number of carbonyl (C=O) groups is 1. The number of nitrogens with one attached hydrogen (secondary N) is 2. The van der Waals surface area contributed by atoms with Crippen molar-refractivity contribution in [1.82, 2.24) is 10.6 Å². The van der Waals surface area contributed by atoms with Crippen molar-refractivity contribution in [3.8, 4) is 0 Å². The molecule has 2 atom stereocenters. The van der Waals surface area contributed by atoms with Crippen LogP contribution in [-0.2, 0) is 9.84 Å². The van der Waals surface area contributed by atoms with Gasteiger partial charge in [0, 0.05) is 25.4 Å². The Morgan fingerprint density at radius 3 is 2.57 bits per heavy atom. The lowest BCUT2D eigenvalue weighted by atomic mass is 10.0. The molecule has 0 aliphatic carbocycles. The van der Waals surface area contributed by atoms with E-state index in [1.807, 2.05) is 24.8 Å². The number of rotatable bonds is 5. The maximum absolute atomic E-state index is 14.2. The van der Waals surface area contributed by atoms with E-state index >= 15 is 0 Å². The Labute approximate surface area is 177 Å². The van der Waals surface area contributed by atoms with Crippen LogP contribution in [0.15, 0.2) is 47.4 Å². The zero-order chi connectivity index (χ0) is 21.9. The van der Waals surface area contributed by atoms with E-state index in [9.17, 15) is 17.6 Å². The highest BCUT2D eigenvalue weighted by Gasteiger charge is 2.24. The van der Waals surface area contributed by atoms with Crippen LogP contribution in [0, 0.1) is 12.7 Å². The minimum Gasteiger partial charge on any atom is -0.367 e. The van der Waals surface area contributed by atoms with Crippen LogP contribution < -0.4 is 15.5 Å². The summed E-state index contributed by atoms with van der Waals surface area (Å²) in [5.41, 5.74) is 2.38. The van der Waals surface area contributed by atoms with Crippen molar-refractivity contribution in [1.29, 1.82) is 0 Å². The molecular weight excluding hydrogens is 405 g/mol. The van der Waals surface area contributed by atoms with Crippen molar-refractivity contribution in [2.75, 3.05) is 24.2 Å². The molecule has 1 aliphatic heterocycles. The van der Waals surface area contributed by atoms with Crippen LogP contribution in [0.1, 0.15) is 36.9 Å². The van der Waals surface area contributed by atoms with Gasteiger partial charge in [0.15, 0.2) is 9.84 Å². The SMILES string of the molecule is Cc1ccc(F)c(N2CCCC(NC(=O)NC(C)c3ccc(S(C)(=O)=O)cc3)C2)c1. The van der Waals surface area contributed by atoms with E-state index in [0.29, 0.717) is 12.2 Å². The first-order valence-electron chi connectivity index (χ1n) is 10.0. The highest BCUT2D eigenvalue weighted by molar-refractivity contribution is 7.90. The lowest BCUT2D eigenvalue weighted by Gasteiger charge is -2.35. The molecule has 0 bridgehead atoms. The van der Waals surface area contributed by atoms with Crippen LogP contribution in [0.2, 0.25) is 0 Å². The molecule has 30 heavy (non-hydrogen) atoms. The summed E-state index contributed by atoms with van der Waals surface area (Å²) < 4.78 is 37.4. The Kier molecular flexibility index (Phi) is 6.65. The molecule has 0 radical (unpaired) electrons. The first kappa shape index (κ1) is 22.1. The van der Waals surface area contributed by atoms with Gasteiger partial charge in [0.05, 0.1) is 16.6 Å². The Hall–Kier alpha value is -2.61. The van der Waals surface area contributed by atoms with Crippen molar-refractivity contribution in [2.45, 2.75) is 43.7 Å². The number of aryl methyl sites for hydroxylation is 1. The van der Waals surface area contributed by atoms with E-state index in [-0.39, 0.29) is 28.8 Å². The number of benzene rings is 2. The molecule has 1 fully saturated rings. The molecule has 1 aliphatic rings. The zero-order valence-electron chi connectivity index (χ0n) is 17.5. The van der Waals surface area contributed by atoms with Crippen molar-refractivity contribution in [3.63, 3.8) is 0 Å². The van der Waals surface area contributed by atoms with Gasteiger partial charge in [0.2, 0.25) is 0 Å². The minimum absolute atomic E-state index is 0.0847. The first-order chi connectivity index (χ1) is 14.1. The molecule has 2 unspecified atom stereocenters. The van der Waals surface area contributed by atoms with E-state index in [2.05, 4.69) is 10.6 Å². The minimum atomic E-state index is -3.25. The third kappa shape index (κ3) is 5.50. The summed E-state index contributed by atoms with van der Waals surface area (Å²) in [5, 5.41) is 5.86. The van der Waals surface area contributed by atoms with Crippen LogP contribution in [-0.4, -0.2) is 39.8 Å².